The van der Waals surface area contributed by atoms with Crippen molar-refractivity contribution < 1.29 is 23.5 Å². The van der Waals surface area contributed by atoms with Crippen LogP contribution in [0.25, 0.3) is 11.3 Å². The molecule has 19 heavy (non-hydrogen) atoms. The molecule has 3 rings (SSSR count). The van der Waals surface area contributed by atoms with Crippen LogP contribution < -0.4 is 9.47 Å². The van der Waals surface area contributed by atoms with Gasteiger partial charge in [-0.3, -0.25) is 0 Å². The first kappa shape index (κ1) is 11.6. The van der Waals surface area contributed by atoms with Crippen molar-refractivity contribution in [2.75, 3.05) is 13.4 Å². The van der Waals surface area contributed by atoms with Crippen LogP contribution >= 0.6 is 0 Å². The SMILES string of the molecule is CCOC(=O)c1cc(-c2ccc3c(c2)OCO3)no1. The third-order valence-corrected chi connectivity index (χ3v) is 2.66. The van der Waals surface area contributed by atoms with Crippen molar-refractivity contribution >= 4 is 5.97 Å². The van der Waals surface area contributed by atoms with Gasteiger partial charge < -0.3 is 18.7 Å². The Morgan fingerprint density at radius 2 is 2.16 bits per heavy atom. The number of benzene rings is 1. The minimum atomic E-state index is -0.526. The molecule has 0 radical (unpaired) electrons. The fourth-order valence-electron chi connectivity index (χ4n) is 1.77. The van der Waals surface area contributed by atoms with Crippen LogP contribution in [0.1, 0.15) is 17.5 Å². The topological polar surface area (TPSA) is 70.8 Å². The number of aromatic nitrogens is 1. The summed E-state index contributed by atoms with van der Waals surface area (Å²) in [5.74, 6) is 0.896. The third-order valence-electron chi connectivity index (χ3n) is 2.66. The van der Waals surface area contributed by atoms with Crippen LogP contribution in [0.5, 0.6) is 11.5 Å². The molecule has 0 saturated carbocycles. The normalized spacial score (nSPS) is 12.5. The molecule has 0 spiro atoms. The quantitative estimate of drug-likeness (QED) is 0.789. The monoisotopic (exact) mass is 261 g/mol. The van der Waals surface area contributed by atoms with Crippen molar-refractivity contribution in [2.24, 2.45) is 0 Å². The van der Waals surface area contributed by atoms with E-state index in [4.69, 9.17) is 18.7 Å². The first-order valence-corrected chi connectivity index (χ1v) is 5.82. The Hall–Kier alpha value is -2.50. The fraction of sp³-hybridized carbons (Fsp3) is 0.231. The summed E-state index contributed by atoms with van der Waals surface area (Å²) in [7, 11) is 0. The van der Waals surface area contributed by atoms with Crippen LogP contribution in [-0.2, 0) is 4.74 Å². The standard InChI is InChI=1S/C13H11NO5/c1-2-16-13(15)12-6-9(14-19-12)8-3-4-10-11(5-8)18-7-17-10/h3-6H,2,7H2,1H3. The van der Waals surface area contributed by atoms with Gasteiger partial charge in [0.05, 0.1) is 6.61 Å². The van der Waals surface area contributed by atoms with Gasteiger partial charge in [-0.1, -0.05) is 5.16 Å². The summed E-state index contributed by atoms with van der Waals surface area (Å²) in [4.78, 5) is 11.5. The highest BCUT2D eigenvalue weighted by Gasteiger charge is 2.18. The Bertz CT molecular complexity index is 619. The van der Waals surface area contributed by atoms with Gasteiger partial charge in [0.2, 0.25) is 12.6 Å². The summed E-state index contributed by atoms with van der Waals surface area (Å²) in [5.41, 5.74) is 1.32. The molecule has 0 N–H and O–H groups in total. The average molecular weight is 261 g/mol. The van der Waals surface area contributed by atoms with Crippen LogP contribution in [0.3, 0.4) is 0 Å². The second-order valence-corrected chi connectivity index (χ2v) is 3.86. The number of carbonyl (C=O) groups excluding carboxylic acids is 1. The van der Waals surface area contributed by atoms with Crippen molar-refractivity contribution in [3.63, 3.8) is 0 Å². The van der Waals surface area contributed by atoms with E-state index in [1.807, 2.05) is 6.07 Å². The molecular formula is C13H11NO5. The van der Waals surface area contributed by atoms with E-state index in [2.05, 4.69) is 5.16 Å². The molecule has 0 saturated heterocycles. The van der Waals surface area contributed by atoms with Crippen molar-refractivity contribution in [2.45, 2.75) is 6.92 Å². The van der Waals surface area contributed by atoms with E-state index in [1.54, 1.807) is 19.1 Å². The third kappa shape index (κ3) is 2.12. The van der Waals surface area contributed by atoms with Crippen molar-refractivity contribution in [1.29, 1.82) is 0 Å². The highest BCUT2D eigenvalue weighted by atomic mass is 16.7. The molecule has 98 valence electrons. The number of ether oxygens (including phenoxy) is 3. The maximum Gasteiger partial charge on any atom is 0.377 e. The van der Waals surface area contributed by atoms with E-state index in [0.29, 0.717) is 23.8 Å². The first-order chi connectivity index (χ1) is 9.28. The minimum absolute atomic E-state index is 0.0783. The van der Waals surface area contributed by atoms with Gasteiger partial charge in [0.15, 0.2) is 11.5 Å². The smallest absolute Gasteiger partial charge is 0.377 e. The molecule has 1 aliphatic heterocycles. The molecule has 2 aromatic rings. The van der Waals surface area contributed by atoms with E-state index < -0.39 is 5.97 Å². The molecular weight excluding hydrogens is 250 g/mol. The molecule has 0 unspecified atom stereocenters. The zero-order valence-corrected chi connectivity index (χ0v) is 10.2. The molecule has 0 fully saturated rings. The first-order valence-electron chi connectivity index (χ1n) is 5.82. The molecule has 6 nitrogen and oxygen atoms in total. The van der Waals surface area contributed by atoms with Gasteiger partial charge in [-0.15, -0.1) is 0 Å². The van der Waals surface area contributed by atoms with Gasteiger partial charge in [-0.05, 0) is 25.1 Å². The highest BCUT2D eigenvalue weighted by Crippen LogP contribution is 2.35. The Morgan fingerprint density at radius 1 is 1.32 bits per heavy atom. The number of esters is 1. The molecule has 0 atom stereocenters. The molecule has 0 bridgehead atoms. The van der Waals surface area contributed by atoms with Gasteiger partial charge in [0.1, 0.15) is 5.69 Å². The molecule has 6 heteroatoms. The van der Waals surface area contributed by atoms with Crippen LogP contribution in [-0.4, -0.2) is 24.5 Å². The van der Waals surface area contributed by atoms with E-state index in [9.17, 15) is 4.79 Å². The van der Waals surface area contributed by atoms with Crippen molar-refractivity contribution in [3.05, 3.63) is 30.0 Å². The van der Waals surface area contributed by atoms with Crippen LogP contribution in [0.2, 0.25) is 0 Å². The predicted molar refractivity (Wildman–Crippen MR) is 64.0 cm³/mol. The van der Waals surface area contributed by atoms with Crippen LogP contribution in [0, 0.1) is 0 Å². The van der Waals surface area contributed by atoms with E-state index in [1.165, 1.54) is 6.07 Å². The number of nitrogens with zero attached hydrogens (tertiary/aromatic N) is 1. The average Bonchev–Trinajstić information content (AvgIpc) is 3.07. The molecule has 1 aromatic carbocycles. The van der Waals surface area contributed by atoms with E-state index >= 15 is 0 Å². The summed E-state index contributed by atoms with van der Waals surface area (Å²) in [6.45, 7) is 2.23. The Kier molecular flexibility index (Phi) is 2.83. The molecule has 0 aliphatic carbocycles. The summed E-state index contributed by atoms with van der Waals surface area (Å²) in [5, 5.41) is 3.84. The highest BCUT2D eigenvalue weighted by molar-refractivity contribution is 5.87. The largest absolute Gasteiger partial charge is 0.460 e. The Balaban J connectivity index is 1.88. The minimum Gasteiger partial charge on any atom is -0.460 e. The Labute approximate surface area is 108 Å². The van der Waals surface area contributed by atoms with Crippen molar-refractivity contribution in [1.82, 2.24) is 5.16 Å². The van der Waals surface area contributed by atoms with Gasteiger partial charge in [-0.2, -0.15) is 0 Å². The number of carbonyl (C=O) groups is 1. The maximum absolute atomic E-state index is 11.5. The van der Waals surface area contributed by atoms with E-state index in [-0.39, 0.29) is 12.6 Å². The van der Waals surface area contributed by atoms with Gasteiger partial charge in [0, 0.05) is 11.6 Å². The second-order valence-electron chi connectivity index (χ2n) is 3.86. The summed E-state index contributed by atoms with van der Waals surface area (Å²) in [6, 6.07) is 6.93. The zero-order chi connectivity index (χ0) is 13.2. The molecule has 1 aromatic heterocycles. The van der Waals surface area contributed by atoms with E-state index in [0.717, 1.165) is 5.56 Å². The lowest BCUT2D eigenvalue weighted by Gasteiger charge is -1.98. The number of hydrogen-bond acceptors (Lipinski definition) is 6. The molecule has 0 amide bonds. The lowest BCUT2D eigenvalue weighted by Crippen LogP contribution is -2.02. The summed E-state index contributed by atoms with van der Waals surface area (Å²) in [6.07, 6.45) is 0. The summed E-state index contributed by atoms with van der Waals surface area (Å²) < 4.78 is 20.3. The maximum atomic E-state index is 11.5. The van der Waals surface area contributed by atoms with Gasteiger partial charge in [0.25, 0.3) is 0 Å². The van der Waals surface area contributed by atoms with Crippen molar-refractivity contribution in [3.8, 4) is 22.8 Å². The Morgan fingerprint density at radius 3 is 3.00 bits per heavy atom. The lowest BCUT2D eigenvalue weighted by molar-refractivity contribution is 0.0480. The predicted octanol–water partition coefficient (Wildman–Crippen LogP) is 2.25. The van der Waals surface area contributed by atoms with Gasteiger partial charge in [-0.25, -0.2) is 4.79 Å². The fourth-order valence-corrected chi connectivity index (χ4v) is 1.77. The summed E-state index contributed by atoms with van der Waals surface area (Å²) >= 11 is 0. The van der Waals surface area contributed by atoms with Gasteiger partial charge >= 0.3 is 5.97 Å². The number of hydrogen-bond donors (Lipinski definition) is 0. The second kappa shape index (κ2) is 4.64. The molecule has 2 heterocycles. The lowest BCUT2D eigenvalue weighted by atomic mass is 10.1. The number of rotatable bonds is 3. The van der Waals surface area contributed by atoms with Crippen LogP contribution in [0.4, 0.5) is 0 Å². The zero-order valence-electron chi connectivity index (χ0n) is 10.2. The van der Waals surface area contributed by atoms with Crippen LogP contribution in [0.15, 0.2) is 28.8 Å². The molecule has 1 aliphatic rings. The number of fused-ring (bicyclic) bond motifs is 1.